The number of likely N-dealkylation sites (N-methyl/N-ethyl adjacent to an activating group) is 1. The van der Waals surface area contributed by atoms with E-state index < -0.39 is 15.5 Å². The van der Waals surface area contributed by atoms with E-state index in [9.17, 15) is 17.8 Å². The maximum Gasteiger partial charge on any atom is 0.311 e. The molecule has 0 unspecified atom stereocenters. The van der Waals surface area contributed by atoms with Gasteiger partial charge in [-0.2, -0.15) is 0 Å². The minimum absolute atomic E-state index is 0.206. The minimum Gasteiger partial charge on any atom is -0.748 e. The van der Waals surface area contributed by atoms with Gasteiger partial charge in [0.15, 0.2) is 0 Å². The van der Waals surface area contributed by atoms with E-state index in [-0.39, 0.29) is 11.7 Å². The number of ether oxygens (including phenoxy) is 1. The van der Waals surface area contributed by atoms with Gasteiger partial charge in [-0.05, 0) is 34.1 Å². The number of hydrogen-bond acceptors (Lipinski definition) is 5. The Kier molecular flexibility index (Phi) is 8.57. The minimum atomic E-state index is -4.17. The lowest BCUT2D eigenvalue weighted by atomic mass is 9.91. The van der Waals surface area contributed by atoms with E-state index in [1.165, 1.54) is 0 Å². The fraction of sp³-hybridized carbons (Fsp3) is 0.933. The normalized spacial score (nSPS) is 13.2. The summed E-state index contributed by atoms with van der Waals surface area (Å²) in [6.07, 6.45) is 1.05. The number of carbonyl (C=O) groups is 1. The number of rotatable bonds is 11. The van der Waals surface area contributed by atoms with Crippen molar-refractivity contribution in [3.05, 3.63) is 0 Å². The molecule has 0 aliphatic rings. The van der Waals surface area contributed by atoms with Gasteiger partial charge in [-0.3, -0.25) is 4.79 Å². The molecule has 0 heterocycles. The first-order valence-corrected chi connectivity index (χ1v) is 9.55. The molecule has 0 amide bonds. The van der Waals surface area contributed by atoms with E-state index in [4.69, 9.17) is 4.74 Å². The molecule has 0 aliphatic carbocycles. The van der Waals surface area contributed by atoms with Gasteiger partial charge in [0.1, 0.15) is 13.2 Å². The fourth-order valence-electron chi connectivity index (χ4n) is 2.22. The number of quaternary nitrogens is 1. The summed E-state index contributed by atoms with van der Waals surface area (Å²) in [5.41, 5.74) is -0.481. The maximum absolute atomic E-state index is 12.0. The molecule has 0 radical (unpaired) electrons. The van der Waals surface area contributed by atoms with Gasteiger partial charge in [0.2, 0.25) is 0 Å². The second-order valence-corrected chi connectivity index (χ2v) is 7.93. The summed E-state index contributed by atoms with van der Waals surface area (Å²) in [6, 6.07) is 0. The van der Waals surface area contributed by atoms with Crippen LogP contribution in [0.25, 0.3) is 0 Å². The zero-order valence-corrected chi connectivity index (χ0v) is 15.4. The summed E-state index contributed by atoms with van der Waals surface area (Å²) < 4.78 is 38.1. The third kappa shape index (κ3) is 7.56. The molecule has 0 saturated heterocycles. The molecule has 0 aliphatic heterocycles. The summed E-state index contributed by atoms with van der Waals surface area (Å²) in [4.78, 5) is 12.0. The van der Waals surface area contributed by atoms with Crippen LogP contribution in [-0.2, 0) is 19.6 Å². The van der Waals surface area contributed by atoms with E-state index in [0.717, 1.165) is 19.5 Å². The van der Waals surface area contributed by atoms with Gasteiger partial charge >= 0.3 is 5.97 Å². The topological polar surface area (TPSA) is 83.5 Å². The Morgan fingerprint density at radius 1 is 1.14 bits per heavy atom. The third-order valence-corrected chi connectivity index (χ3v) is 5.39. The highest BCUT2D eigenvalue weighted by Gasteiger charge is 2.29. The first kappa shape index (κ1) is 21.3. The van der Waals surface area contributed by atoms with Crippen LogP contribution < -0.4 is 0 Å². The molecule has 0 aromatic rings. The Morgan fingerprint density at radius 2 is 1.68 bits per heavy atom. The van der Waals surface area contributed by atoms with Crippen molar-refractivity contribution in [2.45, 2.75) is 47.5 Å². The van der Waals surface area contributed by atoms with Gasteiger partial charge in [-0.1, -0.05) is 6.92 Å². The van der Waals surface area contributed by atoms with Crippen LogP contribution in [-0.4, -0.2) is 62.0 Å². The SMILES string of the molecule is CCC(C)(C)C(=O)OCC[N+](CC)(CC)CCCS(=O)(=O)[O-]. The second-order valence-electron chi connectivity index (χ2n) is 6.41. The van der Waals surface area contributed by atoms with Crippen LogP contribution in [0.15, 0.2) is 0 Å². The largest absolute Gasteiger partial charge is 0.748 e. The Balaban J connectivity index is 4.48. The molecule has 22 heavy (non-hydrogen) atoms. The summed E-state index contributed by atoms with van der Waals surface area (Å²) in [5, 5.41) is 0. The number of hydrogen-bond donors (Lipinski definition) is 0. The summed E-state index contributed by atoms with van der Waals surface area (Å²) in [5.74, 6) is -0.544. The Morgan fingerprint density at radius 3 is 2.09 bits per heavy atom. The molecule has 6 nitrogen and oxygen atoms in total. The quantitative estimate of drug-likeness (QED) is 0.326. The van der Waals surface area contributed by atoms with E-state index in [1.54, 1.807) is 0 Å². The van der Waals surface area contributed by atoms with Crippen LogP contribution in [0.5, 0.6) is 0 Å². The Bertz CT molecular complexity index is 441. The maximum atomic E-state index is 12.0. The van der Waals surface area contributed by atoms with Crippen molar-refractivity contribution in [3.8, 4) is 0 Å². The van der Waals surface area contributed by atoms with Crippen molar-refractivity contribution in [1.82, 2.24) is 0 Å². The highest BCUT2D eigenvalue weighted by atomic mass is 32.2. The van der Waals surface area contributed by atoms with Crippen molar-refractivity contribution in [3.63, 3.8) is 0 Å². The lowest BCUT2D eigenvalue weighted by Crippen LogP contribution is -2.51. The molecule has 132 valence electrons. The van der Waals surface area contributed by atoms with E-state index in [2.05, 4.69) is 0 Å². The van der Waals surface area contributed by atoms with Crippen LogP contribution >= 0.6 is 0 Å². The molecule has 7 heteroatoms. The van der Waals surface area contributed by atoms with Gasteiger partial charge < -0.3 is 13.8 Å². The zero-order chi connectivity index (χ0) is 17.4. The molecule has 0 fully saturated rings. The van der Waals surface area contributed by atoms with Gasteiger partial charge in [0, 0.05) is 12.2 Å². The van der Waals surface area contributed by atoms with Crippen molar-refractivity contribution in [2.24, 2.45) is 5.41 Å². The number of esters is 1. The molecule has 0 atom stereocenters. The second kappa shape index (κ2) is 8.84. The Hall–Kier alpha value is -0.660. The van der Waals surface area contributed by atoms with Crippen LogP contribution in [0.1, 0.15) is 47.5 Å². The van der Waals surface area contributed by atoms with Crippen LogP contribution in [0.4, 0.5) is 0 Å². The predicted molar refractivity (Wildman–Crippen MR) is 85.3 cm³/mol. The van der Waals surface area contributed by atoms with Crippen molar-refractivity contribution >= 4 is 16.1 Å². The monoisotopic (exact) mass is 337 g/mol. The molecular weight excluding hydrogens is 306 g/mol. The lowest BCUT2D eigenvalue weighted by molar-refractivity contribution is -0.925. The smallest absolute Gasteiger partial charge is 0.311 e. The lowest BCUT2D eigenvalue weighted by Gasteiger charge is -2.37. The highest BCUT2D eigenvalue weighted by Crippen LogP contribution is 2.21. The molecule has 0 bridgehead atoms. The molecular formula is C15H31NO5S. The number of nitrogens with zero attached hydrogens (tertiary/aromatic N) is 1. The van der Waals surface area contributed by atoms with Crippen LogP contribution in [0.2, 0.25) is 0 Å². The van der Waals surface area contributed by atoms with E-state index in [1.807, 2.05) is 34.6 Å². The van der Waals surface area contributed by atoms with E-state index >= 15 is 0 Å². The molecule has 0 rings (SSSR count). The number of carbonyl (C=O) groups excluding carboxylic acids is 1. The fourth-order valence-corrected chi connectivity index (χ4v) is 2.70. The summed E-state index contributed by atoms with van der Waals surface area (Å²) in [7, 11) is -4.17. The van der Waals surface area contributed by atoms with E-state index in [0.29, 0.717) is 30.6 Å². The highest BCUT2D eigenvalue weighted by molar-refractivity contribution is 7.85. The molecule has 0 saturated carbocycles. The Labute approximate surface area is 135 Å². The summed E-state index contributed by atoms with van der Waals surface area (Å²) in [6.45, 7) is 12.9. The van der Waals surface area contributed by atoms with Crippen LogP contribution in [0.3, 0.4) is 0 Å². The van der Waals surface area contributed by atoms with Gasteiger partial charge in [-0.15, -0.1) is 0 Å². The van der Waals surface area contributed by atoms with Crippen LogP contribution in [0, 0.1) is 5.41 Å². The first-order valence-electron chi connectivity index (χ1n) is 7.98. The van der Waals surface area contributed by atoms with Crippen molar-refractivity contribution in [2.75, 3.05) is 38.5 Å². The van der Waals surface area contributed by atoms with Crippen molar-refractivity contribution in [1.29, 1.82) is 0 Å². The molecule has 0 aromatic carbocycles. The average molecular weight is 337 g/mol. The van der Waals surface area contributed by atoms with Gasteiger partial charge in [0.25, 0.3) is 0 Å². The first-order chi connectivity index (χ1) is 10.0. The van der Waals surface area contributed by atoms with Gasteiger partial charge in [0.05, 0.1) is 35.2 Å². The van der Waals surface area contributed by atoms with Crippen molar-refractivity contribution < 1.29 is 27.0 Å². The van der Waals surface area contributed by atoms with Gasteiger partial charge in [-0.25, -0.2) is 8.42 Å². The average Bonchev–Trinajstić information content (AvgIpc) is 2.44. The molecule has 0 aromatic heterocycles. The predicted octanol–water partition coefficient (Wildman–Crippen LogP) is 1.76. The molecule has 0 N–H and O–H groups in total. The summed E-state index contributed by atoms with van der Waals surface area (Å²) >= 11 is 0. The molecule has 0 spiro atoms. The zero-order valence-electron chi connectivity index (χ0n) is 14.6. The third-order valence-electron chi connectivity index (χ3n) is 4.60. The standard InChI is InChI=1S/C15H31NO5S/c1-6-15(4,5)14(17)21-12-11-16(7-2,8-3)10-9-13-22(18,19)20/h6-13H2,1-5H3.